The third kappa shape index (κ3) is 5.89. The van der Waals surface area contributed by atoms with Crippen molar-refractivity contribution in [1.82, 2.24) is 5.32 Å². The van der Waals surface area contributed by atoms with E-state index >= 15 is 0 Å². The molecule has 0 spiro atoms. The maximum absolute atomic E-state index is 11.8. The van der Waals surface area contributed by atoms with Crippen LogP contribution >= 0.6 is 11.6 Å². The number of carbonyl (C=O) groups excluding carboxylic acids is 1. The van der Waals surface area contributed by atoms with Crippen molar-refractivity contribution in [1.29, 1.82) is 0 Å². The lowest BCUT2D eigenvalue weighted by atomic mass is 9.99. The van der Waals surface area contributed by atoms with E-state index in [0.29, 0.717) is 12.5 Å². The molecule has 2 aromatic carbocycles. The number of benzene rings is 2. The largest absolute Gasteiger partial charge is 0.484 e. The molecular formula is C20H24ClNO2. The quantitative estimate of drug-likeness (QED) is 0.759. The van der Waals surface area contributed by atoms with Gasteiger partial charge in [0.25, 0.3) is 5.91 Å². The molecule has 2 aromatic rings. The molecule has 1 atom stereocenters. The first-order chi connectivity index (χ1) is 11.6. The number of carbonyl (C=O) groups is 1. The van der Waals surface area contributed by atoms with Crippen LogP contribution in [-0.4, -0.2) is 19.1 Å². The molecule has 0 radical (unpaired) electrons. The summed E-state index contributed by atoms with van der Waals surface area (Å²) < 4.78 is 5.53. The zero-order valence-corrected chi connectivity index (χ0v) is 15.0. The summed E-state index contributed by atoms with van der Waals surface area (Å²) in [6, 6.07) is 15.6. The zero-order valence-electron chi connectivity index (χ0n) is 14.2. The van der Waals surface area contributed by atoms with Crippen LogP contribution in [0.3, 0.4) is 0 Å². The lowest BCUT2D eigenvalue weighted by Crippen LogP contribution is -2.30. The van der Waals surface area contributed by atoms with Gasteiger partial charge in [-0.1, -0.05) is 49.7 Å². The molecule has 0 aliphatic rings. The Hall–Kier alpha value is -2.00. The number of amides is 1. The number of ether oxygens (including phenoxy) is 1. The van der Waals surface area contributed by atoms with E-state index < -0.39 is 0 Å². The van der Waals surface area contributed by atoms with Gasteiger partial charge in [-0.25, -0.2) is 0 Å². The summed E-state index contributed by atoms with van der Waals surface area (Å²) in [6.07, 6.45) is 1.88. The minimum absolute atomic E-state index is 0.0310. The summed E-state index contributed by atoms with van der Waals surface area (Å²) in [5.74, 6) is 1.14. The third-order valence-corrected chi connectivity index (χ3v) is 4.33. The first-order valence-corrected chi connectivity index (χ1v) is 8.70. The Kier molecular flexibility index (Phi) is 7.13. The van der Waals surface area contributed by atoms with Crippen molar-refractivity contribution in [3.05, 3.63) is 64.7 Å². The molecule has 2 rings (SSSR count). The van der Waals surface area contributed by atoms with Crippen LogP contribution in [0.5, 0.6) is 5.75 Å². The molecule has 0 heterocycles. The highest BCUT2D eigenvalue weighted by atomic mass is 35.5. The number of hydrogen-bond acceptors (Lipinski definition) is 2. The summed E-state index contributed by atoms with van der Waals surface area (Å²) in [4.78, 5) is 11.8. The third-order valence-electron chi connectivity index (χ3n) is 4.08. The van der Waals surface area contributed by atoms with Crippen molar-refractivity contribution in [2.75, 3.05) is 13.2 Å². The highest BCUT2D eigenvalue weighted by Crippen LogP contribution is 2.21. The Balaban J connectivity index is 1.70. The van der Waals surface area contributed by atoms with Gasteiger partial charge in [-0.3, -0.25) is 4.79 Å². The van der Waals surface area contributed by atoms with Crippen LogP contribution in [0.15, 0.2) is 48.5 Å². The van der Waals surface area contributed by atoms with Crippen molar-refractivity contribution in [3.8, 4) is 5.75 Å². The van der Waals surface area contributed by atoms with E-state index in [1.54, 1.807) is 0 Å². The standard InChI is InChI=1S/C20H24ClNO2/c1-3-15(2)17-6-10-19(11-7-17)24-14-20(23)22-13-12-16-4-8-18(21)9-5-16/h4-11,15H,3,12-14H2,1-2H3,(H,22,23)/t15-/m0/s1. The summed E-state index contributed by atoms with van der Waals surface area (Å²) in [7, 11) is 0. The van der Waals surface area contributed by atoms with Gasteiger partial charge in [-0.15, -0.1) is 0 Å². The summed E-state index contributed by atoms with van der Waals surface area (Å²) in [5, 5.41) is 3.58. The van der Waals surface area contributed by atoms with E-state index in [9.17, 15) is 4.79 Å². The van der Waals surface area contributed by atoms with Crippen molar-refractivity contribution in [2.24, 2.45) is 0 Å². The van der Waals surface area contributed by atoms with Crippen molar-refractivity contribution < 1.29 is 9.53 Å². The van der Waals surface area contributed by atoms with E-state index in [-0.39, 0.29) is 12.5 Å². The molecule has 0 saturated heterocycles. The molecule has 0 aliphatic carbocycles. The Labute approximate surface area is 149 Å². The van der Waals surface area contributed by atoms with Crippen LogP contribution in [-0.2, 0) is 11.2 Å². The van der Waals surface area contributed by atoms with Gasteiger partial charge in [0, 0.05) is 11.6 Å². The highest BCUT2D eigenvalue weighted by molar-refractivity contribution is 6.30. The van der Waals surface area contributed by atoms with Crippen LogP contribution in [0, 0.1) is 0 Å². The first kappa shape index (κ1) is 18.3. The van der Waals surface area contributed by atoms with Crippen molar-refractivity contribution in [3.63, 3.8) is 0 Å². The van der Waals surface area contributed by atoms with Crippen LogP contribution in [0.1, 0.15) is 37.3 Å². The lowest BCUT2D eigenvalue weighted by Gasteiger charge is -2.11. The Morgan fingerprint density at radius 1 is 1.12 bits per heavy atom. The molecule has 0 aliphatic heterocycles. The lowest BCUT2D eigenvalue weighted by molar-refractivity contribution is -0.123. The molecule has 0 bridgehead atoms. The molecule has 0 unspecified atom stereocenters. The number of rotatable bonds is 8. The molecule has 24 heavy (non-hydrogen) atoms. The fourth-order valence-corrected chi connectivity index (χ4v) is 2.45. The number of nitrogens with one attached hydrogen (secondary N) is 1. The molecule has 0 aromatic heterocycles. The second-order valence-electron chi connectivity index (χ2n) is 5.89. The fraction of sp³-hybridized carbons (Fsp3) is 0.350. The average Bonchev–Trinajstić information content (AvgIpc) is 2.61. The van der Waals surface area contributed by atoms with Crippen LogP contribution in [0.25, 0.3) is 0 Å². The second-order valence-corrected chi connectivity index (χ2v) is 6.33. The Bertz CT molecular complexity index is 638. The second kappa shape index (κ2) is 9.33. The number of halogens is 1. The SMILES string of the molecule is CC[C@H](C)c1ccc(OCC(=O)NCCc2ccc(Cl)cc2)cc1. The minimum atomic E-state index is -0.116. The van der Waals surface area contributed by atoms with Crippen LogP contribution in [0.4, 0.5) is 0 Å². The van der Waals surface area contributed by atoms with Gasteiger partial charge in [-0.2, -0.15) is 0 Å². The van der Waals surface area contributed by atoms with Gasteiger partial charge in [0.15, 0.2) is 6.61 Å². The predicted molar refractivity (Wildman–Crippen MR) is 98.8 cm³/mol. The van der Waals surface area contributed by atoms with Gasteiger partial charge in [0.2, 0.25) is 0 Å². The smallest absolute Gasteiger partial charge is 0.257 e. The van der Waals surface area contributed by atoms with E-state index in [2.05, 4.69) is 31.3 Å². The van der Waals surface area contributed by atoms with E-state index in [1.165, 1.54) is 5.56 Å². The maximum atomic E-state index is 11.8. The molecule has 0 fully saturated rings. The Morgan fingerprint density at radius 3 is 2.42 bits per heavy atom. The zero-order chi connectivity index (χ0) is 17.4. The van der Waals surface area contributed by atoms with E-state index in [0.717, 1.165) is 29.2 Å². The van der Waals surface area contributed by atoms with Gasteiger partial charge < -0.3 is 10.1 Å². The molecule has 0 saturated carbocycles. The molecule has 1 amide bonds. The molecule has 128 valence electrons. The molecule has 1 N–H and O–H groups in total. The maximum Gasteiger partial charge on any atom is 0.257 e. The molecule has 3 nitrogen and oxygen atoms in total. The average molecular weight is 346 g/mol. The predicted octanol–water partition coefficient (Wildman–Crippen LogP) is 4.59. The van der Waals surface area contributed by atoms with Gasteiger partial charge in [-0.05, 0) is 54.2 Å². The number of hydrogen-bond donors (Lipinski definition) is 1. The summed E-state index contributed by atoms with van der Waals surface area (Å²) in [6.45, 7) is 4.98. The minimum Gasteiger partial charge on any atom is -0.484 e. The van der Waals surface area contributed by atoms with Crippen LogP contribution < -0.4 is 10.1 Å². The monoisotopic (exact) mass is 345 g/mol. The van der Waals surface area contributed by atoms with Gasteiger partial charge >= 0.3 is 0 Å². The molecule has 4 heteroatoms. The topological polar surface area (TPSA) is 38.3 Å². The highest BCUT2D eigenvalue weighted by Gasteiger charge is 2.05. The van der Waals surface area contributed by atoms with Crippen molar-refractivity contribution in [2.45, 2.75) is 32.6 Å². The van der Waals surface area contributed by atoms with Gasteiger partial charge in [0.1, 0.15) is 5.75 Å². The van der Waals surface area contributed by atoms with Gasteiger partial charge in [0.05, 0.1) is 0 Å². The molecular weight excluding hydrogens is 322 g/mol. The van der Waals surface area contributed by atoms with Crippen molar-refractivity contribution >= 4 is 17.5 Å². The normalized spacial score (nSPS) is 11.8. The summed E-state index contributed by atoms with van der Waals surface area (Å²) >= 11 is 5.84. The van der Waals surface area contributed by atoms with E-state index in [1.807, 2.05) is 36.4 Å². The summed E-state index contributed by atoms with van der Waals surface area (Å²) in [5.41, 5.74) is 2.43. The fourth-order valence-electron chi connectivity index (χ4n) is 2.33. The Morgan fingerprint density at radius 2 is 1.79 bits per heavy atom. The van der Waals surface area contributed by atoms with Crippen LogP contribution in [0.2, 0.25) is 5.02 Å². The first-order valence-electron chi connectivity index (χ1n) is 8.32. The van der Waals surface area contributed by atoms with E-state index in [4.69, 9.17) is 16.3 Å².